The molecule has 0 bridgehead atoms. The Bertz CT molecular complexity index is 550. The Morgan fingerprint density at radius 3 is 2.86 bits per heavy atom. The van der Waals surface area contributed by atoms with Gasteiger partial charge in [0, 0.05) is 19.2 Å². The van der Waals surface area contributed by atoms with Crippen molar-refractivity contribution in [3.63, 3.8) is 0 Å². The van der Waals surface area contributed by atoms with E-state index in [0.717, 1.165) is 54.5 Å². The first-order chi connectivity index (χ1) is 10.6. The van der Waals surface area contributed by atoms with Crippen LogP contribution in [0.5, 0.6) is 5.75 Å². The quantitative estimate of drug-likeness (QED) is 0.850. The Labute approximate surface area is 132 Å². The van der Waals surface area contributed by atoms with Crippen LogP contribution in [0.1, 0.15) is 47.2 Å². The number of rotatable bonds is 5. The summed E-state index contributed by atoms with van der Waals surface area (Å²) in [7, 11) is 1.85. The predicted octanol–water partition coefficient (Wildman–Crippen LogP) is 2.74. The van der Waals surface area contributed by atoms with E-state index in [0.29, 0.717) is 6.54 Å². The molecule has 120 valence electrons. The third-order valence-electron chi connectivity index (χ3n) is 4.84. The maximum absolute atomic E-state index is 12.0. The van der Waals surface area contributed by atoms with Gasteiger partial charge in [-0.25, -0.2) is 0 Å². The molecule has 0 unspecified atom stereocenters. The molecular weight excluding hydrogens is 276 g/mol. The van der Waals surface area contributed by atoms with Crippen LogP contribution in [0.3, 0.4) is 0 Å². The molecule has 0 aromatic heterocycles. The first-order valence-electron chi connectivity index (χ1n) is 8.37. The van der Waals surface area contributed by atoms with Crippen molar-refractivity contribution < 1.29 is 9.53 Å². The van der Waals surface area contributed by atoms with Crippen molar-refractivity contribution in [1.82, 2.24) is 10.2 Å². The van der Waals surface area contributed by atoms with E-state index >= 15 is 0 Å². The number of nitrogens with one attached hydrogen (secondary N) is 1. The number of piperidine rings is 1. The summed E-state index contributed by atoms with van der Waals surface area (Å²) in [5, 5.41) is 3.41. The van der Waals surface area contributed by atoms with E-state index in [9.17, 15) is 4.79 Å². The number of amides is 1. The predicted molar refractivity (Wildman–Crippen MR) is 87.3 cm³/mol. The van der Waals surface area contributed by atoms with Crippen molar-refractivity contribution in [3.05, 3.63) is 28.8 Å². The fourth-order valence-corrected chi connectivity index (χ4v) is 3.59. The molecule has 1 N–H and O–H groups in total. The van der Waals surface area contributed by atoms with Crippen molar-refractivity contribution >= 4 is 5.91 Å². The van der Waals surface area contributed by atoms with Gasteiger partial charge in [-0.1, -0.05) is 0 Å². The molecule has 0 aliphatic carbocycles. The number of benzene rings is 1. The highest BCUT2D eigenvalue weighted by molar-refractivity contribution is 5.99. The van der Waals surface area contributed by atoms with E-state index in [1.165, 1.54) is 19.3 Å². The summed E-state index contributed by atoms with van der Waals surface area (Å²) in [5.41, 5.74) is 2.99. The number of hydrogen-bond donors (Lipinski definition) is 1. The van der Waals surface area contributed by atoms with Crippen molar-refractivity contribution in [2.75, 3.05) is 26.7 Å². The number of fused-ring (bicyclic) bond motifs is 1. The highest BCUT2D eigenvalue weighted by atomic mass is 16.5. The summed E-state index contributed by atoms with van der Waals surface area (Å²) >= 11 is 0. The van der Waals surface area contributed by atoms with Crippen molar-refractivity contribution in [1.29, 1.82) is 0 Å². The number of aryl methyl sites for hydroxylation is 1. The number of hydrogen-bond acceptors (Lipinski definition) is 3. The molecule has 4 heteroatoms. The number of carbonyl (C=O) groups is 1. The lowest BCUT2D eigenvalue weighted by Crippen LogP contribution is -2.27. The monoisotopic (exact) mass is 302 g/mol. The highest BCUT2D eigenvalue weighted by Crippen LogP contribution is 2.29. The lowest BCUT2D eigenvalue weighted by Gasteiger charge is -2.22. The molecule has 1 saturated heterocycles. The van der Waals surface area contributed by atoms with Gasteiger partial charge in [0.05, 0.1) is 6.61 Å². The van der Waals surface area contributed by atoms with Crippen LogP contribution >= 0.6 is 0 Å². The first-order valence-corrected chi connectivity index (χ1v) is 8.37. The molecule has 22 heavy (non-hydrogen) atoms. The molecule has 1 aromatic carbocycles. The molecule has 1 fully saturated rings. The Hall–Kier alpha value is -1.55. The van der Waals surface area contributed by atoms with Crippen LogP contribution in [0.2, 0.25) is 0 Å². The zero-order chi connectivity index (χ0) is 15.5. The van der Waals surface area contributed by atoms with Crippen LogP contribution in [0.4, 0.5) is 0 Å². The van der Waals surface area contributed by atoms with Gasteiger partial charge >= 0.3 is 0 Å². The molecule has 1 amide bonds. The second-order valence-corrected chi connectivity index (χ2v) is 6.62. The minimum absolute atomic E-state index is 0.130. The Balaban J connectivity index is 1.52. The Morgan fingerprint density at radius 2 is 2.09 bits per heavy atom. The van der Waals surface area contributed by atoms with Gasteiger partial charge in [-0.3, -0.25) is 4.79 Å². The smallest absolute Gasteiger partial charge is 0.254 e. The topological polar surface area (TPSA) is 41.6 Å². The molecular formula is C18H26N2O2. The van der Waals surface area contributed by atoms with E-state index in [4.69, 9.17) is 4.74 Å². The summed E-state index contributed by atoms with van der Waals surface area (Å²) in [6.45, 7) is 5.79. The standard InChI is InChI=1S/C18H26N2O2/c1-13-10-16(11-15-12-20(2)18(21)17(13)15)22-9-3-4-14-5-7-19-8-6-14/h10-11,14,19H,3-9,12H2,1-2H3. The van der Waals surface area contributed by atoms with E-state index in [1.807, 2.05) is 26.1 Å². The maximum atomic E-state index is 12.0. The van der Waals surface area contributed by atoms with Crippen LogP contribution in [-0.4, -0.2) is 37.6 Å². The lowest BCUT2D eigenvalue weighted by atomic mass is 9.93. The van der Waals surface area contributed by atoms with E-state index in [2.05, 4.69) is 5.32 Å². The summed E-state index contributed by atoms with van der Waals surface area (Å²) in [6.07, 6.45) is 4.96. The SMILES string of the molecule is Cc1cc(OCCCC2CCNCC2)cc2c1C(=O)N(C)C2. The Morgan fingerprint density at radius 1 is 1.32 bits per heavy atom. The van der Waals surface area contributed by atoms with Crippen LogP contribution in [0.25, 0.3) is 0 Å². The van der Waals surface area contributed by atoms with Crippen LogP contribution in [-0.2, 0) is 6.54 Å². The number of nitrogens with zero attached hydrogens (tertiary/aromatic N) is 1. The summed E-state index contributed by atoms with van der Waals surface area (Å²) in [5.74, 6) is 1.90. The van der Waals surface area contributed by atoms with Crippen molar-refractivity contribution in [3.8, 4) is 5.75 Å². The molecule has 0 radical (unpaired) electrons. The average molecular weight is 302 g/mol. The summed E-state index contributed by atoms with van der Waals surface area (Å²) < 4.78 is 5.93. The van der Waals surface area contributed by atoms with E-state index in [1.54, 1.807) is 4.90 Å². The fourth-order valence-electron chi connectivity index (χ4n) is 3.59. The molecule has 2 aliphatic rings. The zero-order valence-electron chi connectivity index (χ0n) is 13.7. The summed E-state index contributed by atoms with van der Waals surface area (Å²) in [4.78, 5) is 13.8. The van der Waals surface area contributed by atoms with Crippen molar-refractivity contribution in [2.24, 2.45) is 5.92 Å². The van der Waals surface area contributed by atoms with Gasteiger partial charge in [0.2, 0.25) is 0 Å². The molecule has 4 nitrogen and oxygen atoms in total. The molecule has 2 aliphatic heterocycles. The maximum Gasteiger partial charge on any atom is 0.254 e. The minimum atomic E-state index is 0.130. The normalized spacial score (nSPS) is 18.6. The number of carbonyl (C=O) groups excluding carboxylic acids is 1. The fraction of sp³-hybridized carbons (Fsp3) is 0.611. The van der Waals surface area contributed by atoms with Crippen LogP contribution in [0.15, 0.2) is 12.1 Å². The van der Waals surface area contributed by atoms with Gasteiger partial charge in [-0.2, -0.15) is 0 Å². The molecule has 0 saturated carbocycles. The minimum Gasteiger partial charge on any atom is -0.494 e. The molecule has 0 atom stereocenters. The van der Waals surface area contributed by atoms with Gasteiger partial charge in [0.15, 0.2) is 0 Å². The highest BCUT2D eigenvalue weighted by Gasteiger charge is 2.26. The van der Waals surface area contributed by atoms with Crippen LogP contribution < -0.4 is 10.1 Å². The van der Waals surface area contributed by atoms with Crippen molar-refractivity contribution in [2.45, 2.75) is 39.2 Å². The second-order valence-electron chi connectivity index (χ2n) is 6.62. The van der Waals surface area contributed by atoms with Gasteiger partial charge in [0.1, 0.15) is 5.75 Å². The average Bonchev–Trinajstić information content (AvgIpc) is 2.80. The molecule has 1 aromatic rings. The second kappa shape index (κ2) is 6.69. The van der Waals surface area contributed by atoms with E-state index in [-0.39, 0.29) is 5.91 Å². The van der Waals surface area contributed by atoms with Gasteiger partial charge in [-0.05, 0) is 74.9 Å². The number of ether oxygens (including phenoxy) is 1. The third kappa shape index (κ3) is 3.27. The van der Waals surface area contributed by atoms with Gasteiger partial charge in [0.25, 0.3) is 5.91 Å². The molecule has 3 rings (SSSR count). The van der Waals surface area contributed by atoms with E-state index < -0.39 is 0 Å². The molecule has 2 heterocycles. The third-order valence-corrected chi connectivity index (χ3v) is 4.84. The largest absolute Gasteiger partial charge is 0.494 e. The Kier molecular flexibility index (Phi) is 4.67. The lowest BCUT2D eigenvalue weighted by molar-refractivity contribution is 0.0816. The zero-order valence-corrected chi connectivity index (χ0v) is 13.7. The van der Waals surface area contributed by atoms with Gasteiger partial charge in [-0.15, -0.1) is 0 Å². The first kappa shape index (κ1) is 15.3. The van der Waals surface area contributed by atoms with Crippen LogP contribution in [0, 0.1) is 12.8 Å². The molecule has 0 spiro atoms. The summed E-state index contributed by atoms with van der Waals surface area (Å²) in [6, 6.07) is 4.04. The van der Waals surface area contributed by atoms with Gasteiger partial charge < -0.3 is 15.0 Å².